The molecule has 1 aromatic heterocycles. The van der Waals surface area contributed by atoms with Gasteiger partial charge in [0.25, 0.3) is 0 Å². The molecule has 0 radical (unpaired) electrons. The van der Waals surface area contributed by atoms with Gasteiger partial charge < -0.3 is 10.1 Å². The number of halogens is 1. The Bertz CT molecular complexity index is 243. The molecule has 0 aliphatic rings. The second-order valence-corrected chi connectivity index (χ2v) is 3.60. The van der Waals surface area contributed by atoms with Gasteiger partial charge in [0.2, 0.25) is 0 Å². The minimum Gasteiger partial charge on any atom is -0.383 e. The molecule has 1 unspecified atom stereocenters. The van der Waals surface area contributed by atoms with Crippen molar-refractivity contribution in [2.75, 3.05) is 25.6 Å². The predicted molar refractivity (Wildman–Crippen MR) is 58.9 cm³/mol. The summed E-state index contributed by atoms with van der Waals surface area (Å²) >= 11 is 5.96. The molecule has 1 aromatic rings. The molecule has 0 fully saturated rings. The van der Waals surface area contributed by atoms with Gasteiger partial charge in [-0.25, -0.2) is 4.98 Å². The lowest BCUT2D eigenvalue weighted by Gasteiger charge is -2.09. The average molecular weight is 215 g/mol. The maximum Gasteiger partial charge on any atom is 0.125 e. The molecule has 1 heterocycles. The number of rotatable bonds is 6. The Balaban J connectivity index is 2.16. The molecule has 0 aromatic carbocycles. The molecule has 0 saturated carbocycles. The van der Waals surface area contributed by atoms with Crippen molar-refractivity contribution < 1.29 is 4.74 Å². The summed E-state index contributed by atoms with van der Waals surface area (Å²) in [6, 6.07) is 5.77. The van der Waals surface area contributed by atoms with Gasteiger partial charge in [-0.3, -0.25) is 0 Å². The van der Waals surface area contributed by atoms with Gasteiger partial charge in [-0.15, -0.1) is 11.6 Å². The van der Waals surface area contributed by atoms with Gasteiger partial charge in [0.1, 0.15) is 5.82 Å². The number of aromatic nitrogens is 1. The van der Waals surface area contributed by atoms with Crippen molar-refractivity contribution >= 4 is 17.4 Å². The van der Waals surface area contributed by atoms with Crippen molar-refractivity contribution in [3.63, 3.8) is 0 Å². The van der Waals surface area contributed by atoms with Crippen molar-refractivity contribution in [3.8, 4) is 0 Å². The summed E-state index contributed by atoms with van der Waals surface area (Å²) in [5, 5.41) is 3.25. The molecule has 78 valence electrons. The summed E-state index contributed by atoms with van der Waals surface area (Å²) in [4.78, 5) is 4.14. The van der Waals surface area contributed by atoms with Gasteiger partial charge in [0, 0.05) is 19.9 Å². The average Bonchev–Trinajstić information content (AvgIpc) is 2.20. The van der Waals surface area contributed by atoms with Crippen LogP contribution in [0.4, 0.5) is 5.82 Å². The standard InChI is InChI=1S/C10H15ClN2O/c1-14-8-9(11)5-7-13-10-4-2-3-6-12-10/h2-4,6,9H,5,7-8H2,1H3,(H,12,13). The van der Waals surface area contributed by atoms with E-state index in [2.05, 4.69) is 10.3 Å². The molecule has 0 amide bonds. The molecule has 1 atom stereocenters. The highest BCUT2D eigenvalue weighted by Gasteiger charge is 2.02. The highest BCUT2D eigenvalue weighted by molar-refractivity contribution is 6.20. The van der Waals surface area contributed by atoms with E-state index in [-0.39, 0.29) is 5.38 Å². The summed E-state index contributed by atoms with van der Waals surface area (Å²) in [6.45, 7) is 1.40. The van der Waals surface area contributed by atoms with Crippen LogP contribution in [0.2, 0.25) is 0 Å². The van der Waals surface area contributed by atoms with E-state index in [1.165, 1.54) is 0 Å². The van der Waals surface area contributed by atoms with E-state index in [9.17, 15) is 0 Å². The number of alkyl halides is 1. The third-order valence-electron chi connectivity index (χ3n) is 1.78. The first kappa shape index (κ1) is 11.3. The smallest absolute Gasteiger partial charge is 0.125 e. The van der Waals surface area contributed by atoms with Crippen LogP contribution in [0.15, 0.2) is 24.4 Å². The van der Waals surface area contributed by atoms with Crippen molar-refractivity contribution in [1.29, 1.82) is 0 Å². The van der Waals surface area contributed by atoms with E-state index >= 15 is 0 Å². The second-order valence-electron chi connectivity index (χ2n) is 2.98. The SMILES string of the molecule is COCC(Cl)CCNc1ccccn1. The molecular weight excluding hydrogens is 200 g/mol. The van der Waals surface area contributed by atoms with Gasteiger partial charge in [0.05, 0.1) is 12.0 Å². The van der Waals surface area contributed by atoms with Crippen molar-refractivity contribution in [2.45, 2.75) is 11.8 Å². The molecule has 14 heavy (non-hydrogen) atoms. The number of nitrogens with one attached hydrogen (secondary N) is 1. The normalized spacial score (nSPS) is 12.4. The number of anilines is 1. The minimum absolute atomic E-state index is 0.0659. The monoisotopic (exact) mass is 214 g/mol. The molecule has 4 heteroatoms. The van der Waals surface area contributed by atoms with Gasteiger partial charge in [0.15, 0.2) is 0 Å². The van der Waals surface area contributed by atoms with Crippen LogP contribution in [0, 0.1) is 0 Å². The summed E-state index contributed by atoms with van der Waals surface area (Å²) < 4.78 is 4.93. The summed E-state index contributed by atoms with van der Waals surface area (Å²) in [5.74, 6) is 0.883. The molecule has 0 saturated heterocycles. The topological polar surface area (TPSA) is 34.1 Å². The predicted octanol–water partition coefficient (Wildman–Crippen LogP) is 2.14. The van der Waals surface area contributed by atoms with Gasteiger partial charge >= 0.3 is 0 Å². The van der Waals surface area contributed by atoms with Crippen LogP contribution < -0.4 is 5.32 Å². The second kappa shape index (κ2) is 6.62. The Kier molecular flexibility index (Phi) is 5.33. The maximum atomic E-state index is 5.96. The minimum atomic E-state index is 0.0659. The molecule has 0 aliphatic heterocycles. The largest absolute Gasteiger partial charge is 0.383 e. The zero-order valence-electron chi connectivity index (χ0n) is 8.24. The number of ether oxygens (including phenoxy) is 1. The molecule has 0 bridgehead atoms. The summed E-state index contributed by atoms with van der Waals surface area (Å²) in [7, 11) is 1.65. The van der Waals surface area contributed by atoms with Crippen LogP contribution in [-0.2, 0) is 4.74 Å². The Morgan fingerprint density at radius 3 is 3.07 bits per heavy atom. The summed E-state index contributed by atoms with van der Waals surface area (Å²) in [6.07, 6.45) is 2.63. The Labute approximate surface area is 89.4 Å². The molecule has 1 rings (SSSR count). The quantitative estimate of drug-likeness (QED) is 0.737. The van der Waals surface area contributed by atoms with Crippen LogP contribution in [0.3, 0.4) is 0 Å². The van der Waals surface area contributed by atoms with E-state index in [4.69, 9.17) is 16.3 Å². The van der Waals surface area contributed by atoms with Crippen LogP contribution in [0.1, 0.15) is 6.42 Å². The first-order valence-electron chi connectivity index (χ1n) is 4.61. The fraction of sp³-hybridized carbons (Fsp3) is 0.500. The lowest BCUT2D eigenvalue weighted by molar-refractivity contribution is 0.196. The van der Waals surface area contributed by atoms with Gasteiger partial charge in [-0.2, -0.15) is 0 Å². The zero-order chi connectivity index (χ0) is 10.2. The van der Waals surface area contributed by atoms with Crippen LogP contribution in [0.25, 0.3) is 0 Å². The first-order valence-corrected chi connectivity index (χ1v) is 5.04. The first-order chi connectivity index (χ1) is 6.83. The van der Waals surface area contributed by atoms with Crippen molar-refractivity contribution in [2.24, 2.45) is 0 Å². The lowest BCUT2D eigenvalue weighted by Crippen LogP contribution is -2.13. The highest BCUT2D eigenvalue weighted by atomic mass is 35.5. The molecule has 0 aliphatic carbocycles. The van der Waals surface area contributed by atoms with Crippen LogP contribution >= 0.6 is 11.6 Å². The van der Waals surface area contributed by atoms with E-state index in [1.807, 2.05) is 18.2 Å². The number of hydrogen-bond acceptors (Lipinski definition) is 3. The van der Waals surface area contributed by atoms with Crippen LogP contribution in [0.5, 0.6) is 0 Å². The zero-order valence-corrected chi connectivity index (χ0v) is 9.00. The molecule has 1 N–H and O–H groups in total. The Morgan fingerprint density at radius 2 is 2.43 bits per heavy atom. The molecular formula is C10H15ClN2O. The van der Waals surface area contributed by atoms with Crippen molar-refractivity contribution in [3.05, 3.63) is 24.4 Å². The fourth-order valence-corrected chi connectivity index (χ4v) is 1.32. The highest BCUT2D eigenvalue weighted by Crippen LogP contribution is 2.04. The van der Waals surface area contributed by atoms with E-state index in [0.717, 1.165) is 18.8 Å². The van der Waals surface area contributed by atoms with E-state index < -0.39 is 0 Å². The third-order valence-corrected chi connectivity index (χ3v) is 2.12. The maximum absolute atomic E-state index is 5.96. The fourth-order valence-electron chi connectivity index (χ4n) is 1.09. The number of nitrogens with zero attached hydrogens (tertiary/aromatic N) is 1. The number of pyridine rings is 1. The third kappa shape index (κ3) is 4.44. The molecule has 0 spiro atoms. The number of hydrogen-bond donors (Lipinski definition) is 1. The van der Waals surface area contributed by atoms with Crippen LogP contribution in [-0.4, -0.2) is 30.6 Å². The Morgan fingerprint density at radius 1 is 1.57 bits per heavy atom. The Hall–Kier alpha value is -0.800. The van der Waals surface area contributed by atoms with E-state index in [1.54, 1.807) is 13.3 Å². The van der Waals surface area contributed by atoms with Gasteiger partial charge in [-0.05, 0) is 18.6 Å². The lowest BCUT2D eigenvalue weighted by atomic mass is 10.3. The number of methoxy groups -OCH3 is 1. The molecule has 3 nitrogen and oxygen atoms in total. The van der Waals surface area contributed by atoms with E-state index in [0.29, 0.717) is 6.61 Å². The van der Waals surface area contributed by atoms with Gasteiger partial charge in [-0.1, -0.05) is 6.07 Å². The van der Waals surface area contributed by atoms with Crippen molar-refractivity contribution in [1.82, 2.24) is 4.98 Å². The summed E-state index contributed by atoms with van der Waals surface area (Å²) in [5.41, 5.74) is 0.